The smallest absolute Gasteiger partial charge is 0.279 e. The summed E-state index contributed by atoms with van der Waals surface area (Å²) >= 11 is 11.9. The van der Waals surface area contributed by atoms with Crippen molar-refractivity contribution < 1.29 is 8.42 Å². The minimum atomic E-state index is -3.84. The molecule has 6 nitrogen and oxygen atoms in total. The number of aromatic nitrogens is 2. The standard InChI is InChI=1S/C11H12Cl2N4O2S/c1-14-5-7-6-15-16-11(7)20(18,19)17-10-8(12)3-2-4-9(10)13/h2-4,6,14,17H,5H2,1H3,(H,15,16). The van der Waals surface area contributed by atoms with Gasteiger partial charge in [0.1, 0.15) is 0 Å². The zero-order valence-electron chi connectivity index (χ0n) is 10.4. The highest BCUT2D eigenvalue weighted by Crippen LogP contribution is 2.31. The topological polar surface area (TPSA) is 86.9 Å². The molecule has 1 heterocycles. The van der Waals surface area contributed by atoms with Crippen molar-refractivity contribution in [1.82, 2.24) is 15.5 Å². The van der Waals surface area contributed by atoms with Crippen LogP contribution in [0.2, 0.25) is 10.0 Å². The second kappa shape index (κ2) is 6.01. The maximum absolute atomic E-state index is 12.3. The summed E-state index contributed by atoms with van der Waals surface area (Å²) in [6.45, 7) is 0.364. The molecule has 0 aliphatic carbocycles. The highest BCUT2D eigenvalue weighted by Gasteiger charge is 2.22. The van der Waals surface area contributed by atoms with Crippen LogP contribution in [0.1, 0.15) is 5.56 Å². The van der Waals surface area contributed by atoms with Crippen molar-refractivity contribution in [2.75, 3.05) is 11.8 Å². The Bertz CT molecular complexity index is 695. The Morgan fingerprint density at radius 2 is 1.95 bits per heavy atom. The minimum Gasteiger partial charge on any atom is -0.316 e. The van der Waals surface area contributed by atoms with E-state index in [1.807, 2.05) is 0 Å². The molecule has 0 aliphatic rings. The molecule has 0 saturated heterocycles. The second-order valence-corrected chi connectivity index (χ2v) is 6.39. The highest BCUT2D eigenvalue weighted by molar-refractivity contribution is 7.92. The molecule has 1 aromatic heterocycles. The van der Waals surface area contributed by atoms with E-state index in [2.05, 4.69) is 20.2 Å². The van der Waals surface area contributed by atoms with Crippen LogP contribution in [0.5, 0.6) is 0 Å². The van der Waals surface area contributed by atoms with Crippen LogP contribution in [-0.2, 0) is 16.6 Å². The third-order valence-corrected chi connectivity index (χ3v) is 4.51. The molecule has 3 N–H and O–H groups in total. The Balaban J connectivity index is 2.39. The van der Waals surface area contributed by atoms with Gasteiger partial charge in [-0.2, -0.15) is 13.5 Å². The van der Waals surface area contributed by atoms with Gasteiger partial charge in [-0.3, -0.25) is 9.82 Å². The van der Waals surface area contributed by atoms with E-state index in [1.165, 1.54) is 6.20 Å². The fraction of sp³-hybridized carbons (Fsp3) is 0.182. The van der Waals surface area contributed by atoms with Gasteiger partial charge in [0, 0.05) is 12.1 Å². The summed E-state index contributed by atoms with van der Waals surface area (Å²) < 4.78 is 27.0. The van der Waals surface area contributed by atoms with Crippen molar-refractivity contribution >= 4 is 38.9 Å². The Labute approximate surface area is 126 Å². The van der Waals surface area contributed by atoms with Crippen molar-refractivity contribution in [3.05, 3.63) is 40.0 Å². The van der Waals surface area contributed by atoms with E-state index in [4.69, 9.17) is 23.2 Å². The van der Waals surface area contributed by atoms with E-state index in [0.717, 1.165) is 0 Å². The third-order valence-electron chi connectivity index (χ3n) is 2.51. The number of halogens is 2. The first-order valence-electron chi connectivity index (χ1n) is 5.59. The van der Waals surface area contributed by atoms with Gasteiger partial charge in [0.25, 0.3) is 10.0 Å². The van der Waals surface area contributed by atoms with E-state index < -0.39 is 10.0 Å². The van der Waals surface area contributed by atoms with E-state index in [1.54, 1.807) is 25.2 Å². The zero-order chi connectivity index (χ0) is 14.8. The number of rotatable bonds is 5. The van der Waals surface area contributed by atoms with Gasteiger partial charge < -0.3 is 5.32 Å². The molecule has 0 aliphatic heterocycles. The summed E-state index contributed by atoms with van der Waals surface area (Å²) in [6.07, 6.45) is 1.44. The molecule has 2 aromatic rings. The van der Waals surface area contributed by atoms with Crippen LogP contribution in [0.25, 0.3) is 0 Å². The lowest BCUT2D eigenvalue weighted by Gasteiger charge is -2.11. The fourth-order valence-corrected chi connectivity index (χ4v) is 3.47. The van der Waals surface area contributed by atoms with Crippen LogP contribution >= 0.6 is 23.2 Å². The normalized spacial score (nSPS) is 11.6. The van der Waals surface area contributed by atoms with Crippen molar-refractivity contribution in [1.29, 1.82) is 0 Å². The zero-order valence-corrected chi connectivity index (χ0v) is 12.8. The van der Waals surface area contributed by atoms with Crippen molar-refractivity contribution in [3.63, 3.8) is 0 Å². The maximum atomic E-state index is 12.3. The lowest BCUT2D eigenvalue weighted by molar-refractivity contribution is 0.595. The first-order chi connectivity index (χ1) is 9.45. The molecule has 2 rings (SSSR count). The number of anilines is 1. The predicted molar refractivity (Wildman–Crippen MR) is 78.6 cm³/mol. The molecule has 0 bridgehead atoms. The SMILES string of the molecule is CNCc1cn[nH]c1S(=O)(=O)Nc1c(Cl)cccc1Cl. The molecule has 9 heteroatoms. The van der Waals surface area contributed by atoms with Crippen LogP contribution in [0, 0.1) is 0 Å². The largest absolute Gasteiger partial charge is 0.316 e. The molecular weight excluding hydrogens is 323 g/mol. The van der Waals surface area contributed by atoms with Crippen molar-refractivity contribution in [2.24, 2.45) is 0 Å². The molecule has 0 fully saturated rings. The molecule has 0 saturated carbocycles. The third kappa shape index (κ3) is 3.06. The quantitative estimate of drug-likeness (QED) is 0.782. The van der Waals surface area contributed by atoms with Crippen LogP contribution in [0.4, 0.5) is 5.69 Å². The summed E-state index contributed by atoms with van der Waals surface area (Å²) in [6, 6.07) is 4.73. The number of nitrogens with zero attached hydrogens (tertiary/aromatic N) is 1. The summed E-state index contributed by atoms with van der Waals surface area (Å²) in [7, 11) is -2.13. The predicted octanol–water partition coefficient (Wildman–Crippen LogP) is 2.24. The van der Waals surface area contributed by atoms with Gasteiger partial charge in [-0.1, -0.05) is 29.3 Å². The molecule has 20 heavy (non-hydrogen) atoms. The molecule has 1 aromatic carbocycles. The summed E-state index contributed by atoms with van der Waals surface area (Å²) in [4.78, 5) is 0. The Kier molecular flexibility index (Phi) is 4.54. The van der Waals surface area contributed by atoms with E-state index >= 15 is 0 Å². The first-order valence-corrected chi connectivity index (χ1v) is 7.83. The highest BCUT2D eigenvalue weighted by atomic mass is 35.5. The minimum absolute atomic E-state index is 0.0252. The molecule has 0 unspecified atom stereocenters. The van der Waals surface area contributed by atoms with Crippen molar-refractivity contribution in [2.45, 2.75) is 11.6 Å². The summed E-state index contributed by atoms with van der Waals surface area (Å²) in [5.74, 6) is 0. The molecule has 0 atom stereocenters. The molecule has 0 radical (unpaired) electrons. The molecule has 0 amide bonds. The van der Waals surface area contributed by atoms with Gasteiger partial charge >= 0.3 is 0 Å². The van der Waals surface area contributed by atoms with Gasteiger partial charge in [0.2, 0.25) is 0 Å². The van der Waals surface area contributed by atoms with Crippen LogP contribution in [0.15, 0.2) is 29.4 Å². The number of aromatic amines is 1. The van der Waals surface area contributed by atoms with Gasteiger partial charge in [-0.25, -0.2) is 0 Å². The molecule has 108 valence electrons. The van der Waals surface area contributed by atoms with Gasteiger partial charge in [0.15, 0.2) is 5.03 Å². The number of hydrogen-bond acceptors (Lipinski definition) is 4. The van der Waals surface area contributed by atoms with E-state index in [9.17, 15) is 8.42 Å². The van der Waals surface area contributed by atoms with E-state index in [-0.39, 0.29) is 20.8 Å². The number of hydrogen-bond donors (Lipinski definition) is 3. The molecule has 0 spiro atoms. The fourth-order valence-electron chi connectivity index (χ4n) is 1.63. The van der Waals surface area contributed by atoms with Crippen LogP contribution in [-0.4, -0.2) is 25.7 Å². The summed E-state index contributed by atoms with van der Waals surface area (Å²) in [5, 5.41) is 9.48. The van der Waals surface area contributed by atoms with Gasteiger partial charge in [-0.05, 0) is 19.2 Å². The lowest BCUT2D eigenvalue weighted by Crippen LogP contribution is -2.17. The summed E-state index contributed by atoms with van der Waals surface area (Å²) in [5.41, 5.74) is 0.656. The number of sulfonamides is 1. The first kappa shape index (κ1) is 15.1. The number of benzene rings is 1. The lowest BCUT2D eigenvalue weighted by atomic mass is 10.3. The van der Waals surface area contributed by atoms with Gasteiger partial charge in [-0.15, -0.1) is 0 Å². The average molecular weight is 335 g/mol. The maximum Gasteiger partial charge on any atom is 0.279 e. The molecular formula is C11H12Cl2N4O2S. The van der Waals surface area contributed by atoms with E-state index in [0.29, 0.717) is 12.1 Å². The monoisotopic (exact) mass is 334 g/mol. The van der Waals surface area contributed by atoms with Crippen molar-refractivity contribution in [3.8, 4) is 0 Å². The van der Waals surface area contributed by atoms with Crippen LogP contribution < -0.4 is 10.0 Å². The Morgan fingerprint density at radius 3 is 2.55 bits per heavy atom. The number of para-hydroxylation sites is 1. The average Bonchev–Trinajstić information content (AvgIpc) is 2.84. The van der Waals surface area contributed by atoms with Gasteiger partial charge in [0.05, 0.1) is 21.9 Å². The number of H-pyrrole nitrogens is 1. The second-order valence-electron chi connectivity index (χ2n) is 3.96. The Hall–Kier alpha value is -1.28. The Morgan fingerprint density at radius 1 is 1.30 bits per heavy atom. The number of nitrogens with one attached hydrogen (secondary N) is 3. The van der Waals surface area contributed by atoms with Crippen LogP contribution in [0.3, 0.4) is 0 Å².